The predicted octanol–water partition coefficient (Wildman–Crippen LogP) is 3.74. The molecule has 0 saturated heterocycles. The highest BCUT2D eigenvalue weighted by atomic mass is 35.5. The van der Waals surface area contributed by atoms with Crippen molar-refractivity contribution in [3.63, 3.8) is 0 Å². The molecule has 0 atom stereocenters. The highest BCUT2D eigenvalue weighted by Gasteiger charge is 2.44. The largest absolute Gasteiger partial charge is 0.344 e. The zero-order valence-corrected chi connectivity index (χ0v) is 9.36. The average molecular weight is 240 g/mol. The van der Waals surface area contributed by atoms with Gasteiger partial charge in [0.1, 0.15) is 0 Å². The van der Waals surface area contributed by atoms with Crippen LogP contribution in [0.25, 0.3) is 0 Å². The van der Waals surface area contributed by atoms with Gasteiger partial charge in [0.25, 0.3) is 4.52 Å². The summed E-state index contributed by atoms with van der Waals surface area (Å²) in [5.41, 5.74) is 0. The van der Waals surface area contributed by atoms with E-state index >= 15 is 0 Å². The van der Waals surface area contributed by atoms with Gasteiger partial charge in [0, 0.05) is 6.61 Å². The molecule has 0 aromatic rings. The van der Waals surface area contributed by atoms with Gasteiger partial charge in [-0.1, -0.05) is 53.3 Å². The van der Waals surface area contributed by atoms with Gasteiger partial charge in [0.15, 0.2) is 4.33 Å². The van der Waals surface area contributed by atoms with Crippen LogP contribution in [0.1, 0.15) is 20.3 Å². The molecule has 1 nitrogen and oxygen atoms in total. The van der Waals surface area contributed by atoms with E-state index in [1.807, 2.05) is 6.92 Å². The Kier molecular flexibility index (Phi) is 4.83. The van der Waals surface area contributed by atoms with E-state index in [1.54, 1.807) is 0 Å². The molecule has 11 heavy (non-hydrogen) atoms. The van der Waals surface area contributed by atoms with E-state index < -0.39 is 8.85 Å². The highest BCUT2D eigenvalue weighted by molar-refractivity contribution is 6.61. The molecule has 0 aliphatic heterocycles. The number of rotatable bonds is 4. The highest BCUT2D eigenvalue weighted by Crippen LogP contribution is 2.43. The lowest BCUT2D eigenvalue weighted by molar-refractivity contribution is 0.0705. The topological polar surface area (TPSA) is 9.23 Å². The zero-order chi connectivity index (χ0) is 9.12. The quantitative estimate of drug-likeness (QED) is 0.680. The summed E-state index contributed by atoms with van der Waals surface area (Å²) in [6, 6.07) is 0. The van der Waals surface area contributed by atoms with Crippen LogP contribution in [0.5, 0.6) is 0 Å². The minimum Gasteiger partial charge on any atom is -0.344 e. The van der Waals surface area contributed by atoms with Crippen molar-refractivity contribution in [1.82, 2.24) is 0 Å². The third-order valence-corrected chi connectivity index (χ3v) is 2.89. The first-order valence-corrected chi connectivity index (χ1v) is 4.72. The molecule has 0 radical (unpaired) electrons. The molecule has 0 amide bonds. The lowest BCUT2D eigenvalue weighted by atomic mass is 10.5. The molecule has 0 spiro atoms. The number of halogens is 4. The summed E-state index contributed by atoms with van der Waals surface area (Å²) in [5.74, 6) is 0. The summed E-state index contributed by atoms with van der Waals surface area (Å²) in [4.78, 5) is 0. The minimum atomic E-state index is -1.54. The smallest absolute Gasteiger partial charge is 0.250 e. The van der Waals surface area contributed by atoms with Crippen molar-refractivity contribution in [3.05, 3.63) is 0 Å². The van der Waals surface area contributed by atoms with Gasteiger partial charge in [-0.3, -0.25) is 0 Å². The van der Waals surface area contributed by atoms with Crippen LogP contribution >= 0.6 is 46.4 Å². The Morgan fingerprint density at radius 3 is 1.91 bits per heavy atom. The van der Waals surface area contributed by atoms with Gasteiger partial charge in [-0.2, -0.15) is 0 Å². The molecule has 0 aromatic carbocycles. The van der Waals surface area contributed by atoms with E-state index in [2.05, 4.69) is 0 Å². The standard InChI is InChI=1S/C6H10Cl4O/c1-3-4-11-6(9,10)5(2,7)8/h3-4H2,1-2H3. The maximum atomic E-state index is 5.67. The SMILES string of the molecule is CCCOC(Cl)(Cl)C(C)(Cl)Cl. The number of alkyl halides is 4. The van der Waals surface area contributed by atoms with Crippen LogP contribution in [0.3, 0.4) is 0 Å². The van der Waals surface area contributed by atoms with Crippen LogP contribution in [-0.4, -0.2) is 15.5 Å². The molecule has 0 unspecified atom stereocenters. The average Bonchev–Trinajstić information content (AvgIpc) is 1.81. The Morgan fingerprint density at radius 1 is 1.18 bits per heavy atom. The van der Waals surface area contributed by atoms with Crippen LogP contribution in [0, 0.1) is 0 Å². The number of ether oxygens (including phenoxy) is 1. The van der Waals surface area contributed by atoms with Gasteiger partial charge in [-0.15, -0.1) is 0 Å². The van der Waals surface area contributed by atoms with Crippen LogP contribution < -0.4 is 0 Å². The Labute approximate surface area is 86.9 Å². The minimum absolute atomic E-state index is 0.433. The first-order chi connectivity index (χ1) is 4.81. The van der Waals surface area contributed by atoms with Gasteiger partial charge in [0.2, 0.25) is 0 Å². The van der Waals surface area contributed by atoms with Gasteiger partial charge < -0.3 is 4.74 Å². The molecule has 0 rings (SSSR count). The monoisotopic (exact) mass is 238 g/mol. The second-order valence-electron chi connectivity index (χ2n) is 2.25. The van der Waals surface area contributed by atoms with Crippen molar-refractivity contribution in [2.45, 2.75) is 29.1 Å². The molecule has 0 aromatic heterocycles. The summed E-state index contributed by atoms with van der Waals surface area (Å²) >= 11 is 22.6. The third-order valence-electron chi connectivity index (χ3n) is 0.999. The van der Waals surface area contributed by atoms with Crippen molar-refractivity contribution in [3.8, 4) is 0 Å². The second-order valence-corrected chi connectivity index (χ2v) is 5.22. The van der Waals surface area contributed by atoms with E-state index in [4.69, 9.17) is 51.1 Å². The third kappa shape index (κ3) is 4.05. The van der Waals surface area contributed by atoms with E-state index in [0.29, 0.717) is 6.61 Å². The first-order valence-electron chi connectivity index (χ1n) is 3.21. The number of hydrogen-bond acceptors (Lipinski definition) is 1. The van der Waals surface area contributed by atoms with Gasteiger partial charge >= 0.3 is 0 Å². The van der Waals surface area contributed by atoms with E-state index in [-0.39, 0.29) is 0 Å². The van der Waals surface area contributed by atoms with Gasteiger partial charge in [-0.05, 0) is 13.3 Å². The number of hydrogen-bond donors (Lipinski definition) is 0. The Bertz CT molecular complexity index is 118. The lowest BCUT2D eigenvalue weighted by Crippen LogP contribution is -2.36. The molecule has 0 bridgehead atoms. The molecule has 5 heteroatoms. The van der Waals surface area contributed by atoms with E-state index in [9.17, 15) is 0 Å². The zero-order valence-electron chi connectivity index (χ0n) is 6.33. The fourth-order valence-electron chi connectivity index (χ4n) is 0.357. The molecule has 0 N–H and O–H groups in total. The summed E-state index contributed by atoms with van der Waals surface area (Å²) < 4.78 is 2.17. The fourth-order valence-corrected chi connectivity index (χ4v) is 0.620. The molecule has 0 aliphatic rings. The normalized spacial score (nSPS) is 13.6. The van der Waals surface area contributed by atoms with Crippen molar-refractivity contribution < 1.29 is 4.74 Å². The summed E-state index contributed by atoms with van der Waals surface area (Å²) in [7, 11) is 0. The molecule has 0 aliphatic carbocycles. The van der Waals surface area contributed by atoms with Gasteiger partial charge in [-0.25, -0.2) is 0 Å². The van der Waals surface area contributed by atoms with Crippen molar-refractivity contribution in [2.75, 3.05) is 6.61 Å². The van der Waals surface area contributed by atoms with Crippen LogP contribution in [-0.2, 0) is 4.74 Å². The molecular weight excluding hydrogens is 230 g/mol. The molecule has 68 valence electrons. The second kappa shape index (κ2) is 4.38. The molecular formula is C6H10Cl4O. The van der Waals surface area contributed by atoms with Crippen LogP contribution in [0.15, 0.2) is 0 Å². The van der Waals surface area contributed by atoms with Crippen molar-refractivity contribution >= 4 is 46.4 Å². The Balaban J connectivity index is 4.00. The predicted molar refractivity (Wildman–Crippen MR) is 50.8 cm³/mol. The Hall–Kier alpha value is 1.12. The first kappa shape index (κ1) is 12.1. The maximum Gasteiger partial charge on any atom is 0.250 e. The maximum absolute atomic E-state index is 5.67. The Morgan fingerprint density at radius 2 is 1.64 bits per heavy atom. The van der Waals surface area contributed by atoms with E-state index in [0.717, 1.165) is 6.42 Å². The molecule has 0 fully saturated rings. The fraction of sp³-hybridized carbons (Fsp3) is 1.00. The van der Waals surface area contributed by atoms with Crippen molar-refractivity contribution in [1.29, 1.82) is 0 Å². The van der Waals surface area contributed by atoms with Crippen LogP contribution in [0.2, 0.25) is 0 Å². The van der Waals surface area contributed by atoms with Crippen LogP contribution in [0.4, 0.5) is 0 Å². The summed E-state index contributed by atoms with van der Waals surface area (Å²) in [5, 5.41) is 0. The molecule has 0 heterocycles. The lowest BCUT2D eigenvalue weighted by Gasteiger charge is -2.28. The summed E-state index contributed by atoms with van der Waals surface area (Å²) in [6.07, 6.45) is 0.811. The van der Waals surface area contributed by atoms with Gasteiger partial charge in [0.05, 0.1) is 0 Å². The van der Waals surface area contributed by atoms with E-state index in [1.165, 1.54) is 6.92 Å². The molecule has 0 saturated carbocycles. The summed E-state index contributed by atoms with van der Waals surface area (Å²) in [6.45, 7) is 3.84. The van der Waals surface area contributed by atoms with Crippen molar-refractivity contribution in [2.24, 2.45) is 0 Å².